The summed E-state index contributed by atoms with van der Waals surface area (Å²) in [6, 6.07) is 16.0. The largest absolute Gasteiger partial charge is 0.504 e. The Bertz CT molecular complexity index is 1060. The van der Waals surface area contributed by atoms with Crippen LogP contribution >= 0.6 is 0 Å². The van der Waals surface area contributed by atoms with Crippen LogP contribution in [-0.4, -0.2) is 46.5 Å². The van der Waals surface area contributed by atoms with Crippen molar-refractivity contribution in [3.63, 3.8) is 0 Å². The van der Waals surface area contributed by atoms with Crippen molar-refractivity contribution in [2.45, 2.75) is 76.8 Å². The van der Waals surface area contributed by atoms with Crippen LogP contribution in [0, 0.1) is 11.8 Å². The van der Waals surface area contributed by atoms with Crippen molar-refractivity contribution in [3.05, 3.63) is 59.7 Å². The number of aryl methyl sites for hydroxylation is 1. The van der Waals surface area contributed by atoms with Crippen LogP contribution < -0.4 is 4.74 Å². The summed E-state index contributed by atoms with van der Waals surface area (Å²) in [7, 11) is 0. The second kappa shape index (κ2) is 9.05. The van der Waals surface area contributed by atoms with Crippen LogP contribution in [0.15, 0.2) is 48.5 Å². The molecule has 0 aliphatic carbocycles. The van der Waals surface area contributed by atoms with Crippen molar-refractivity contribution in [2.24, 2.45) is 11.8 Å². The van der Waals surface area contributed by atoms with Crippen LogP contribution in [-0.2, 0) is 15.9 Å². The highest BCUT2D eigenvalue weighted by atomic mass is 16.6. The molecule has 5 atom stereocenters. The molecule has 35 heavy (non-hydrogen) atoms. The molecule has 2 aromatic carbocycles. The van der Waals surface area contributed by atoms with Gasteiger partial charge in [0.15, 0.2) is 11.5 Å². The molecule has 3 aliphatic rings. The minimum Gasteiger partial charge on any atom is -0.504 e. The molecule has 2 saturated heterocycles. The number of benzene rings is 2. The summed E-state index contributed by atoms with van der Waals surface area (Å²) in [4.78, 5) is 14.6. The minimum atomic E-state index is -0.513. The first-order valence-electron chi connectivity index (χ1n) is 12.8. The normalized spacial score (nSPS) is 29.9. The lowest BCUT2D eigenvalue weighted by Crippen LogP contribution is -2.57. The van der Waals surface area contributed by atoms with E-state index in [9.17, 15) is 9.90 Å². The molecule has 5 rings (SSSR count). The fraction of sp³-hybridized carbons (Fsp3) is 0.552. The summed E-state index contributed by atoms with van der Waals surface area (Å²) < 4.78 is 19.1. The lowest BCUT2D eigenvalue weighted by atomic mass is 9.68. The second-order valence-electron chi connectivity index (χ2n) is 11.5. The van der Waals surface area contributed by atoms with E-state index in [4.69, 9.17) is 14.2 Å². The molecule has 1 amide bonds. The van der Waals surface area contributed by atoms with Crippen LogP contribution in [0.4, 0.5) is 4.79 Å². The number of para-hydroxylation sites is 1. The number of hydrogen-bond donors (Lipinski definition) is 1. The number of piperidine rings is 1. The number of phenols is 1. The molecule has 0 aromatic heterocycles. The van der Waals surface area contributed by atoms with Gasteiger partial charge in [-0.05, 0) is 65.0 Å². The number of ether oxygens (including phenoxy) is 3. The first-order valence-corrected chi connectivity index (χ1v) is 12.8. The maximum atomic E-state index is 12.8. The van der Waals surface area contributed by atoms with Crippen molar-refractivity contribution in [3.8, 4) is 11.5 Å². The number of carbonyl (C=O) groups is 1. The third-order valence-corrected chi connectivity index (χ3v) is 7.76. The summed E-state index contributed by atoms with van der Waals surface area (Å²) in [6.45, 7) is 9.11. The van der Waals surface area contributed by atoms with E-state index in [0.717, 1.165) is 31.2 Å². The molecule has 0 radical (unpaired) electrons. The lowest BCUT2D eigenvalue weighted by Gasteiger charge is -2.54. The molecule has 6 nitrogen and oxygen atoms in total. The molecule has 2 fully saturated rings. The van der Waals surface area contributed by atoms with Gasteiger partial charge in [0.05, 0.1) is 12.2 Å². The number of hydrogen-bond acceptors (Lipinski definition) is 5. The standard InChI is InChI=1S/C29H37NO5/c1-28(2,3)35-27(32)30-16-14-24-20(18-30)17-22-25(33-24)21-11-8-12-23(31)26(21)34-29(22,4)15-13-19-9-6-5-7-10-19/h5-12,20,22,24-25,31H,13-18H2,1-4H3/t20-,22-,24-,25+,29+/m1/s1. The second-order valence-corrected chi connectivity index (χ2v) is 11.5. The van der Waals surface area contributed by atoms with Crippen molar-refractivity contribution >= 4 is 6.09 Å². The SMILES string of the molecule is CC(C)(C)OC(=O)N1CC[C@H]2O[C@H]3c4cccc(O)c4O[C@@](C)(CCc4ccccc4)[C@@H]3C[C@@H]2C1. The molecule has 3 aliphatic heterocycles. The van der Waals surface area contributed by atoms with E-state index in [1.807, 2.05) is 43.9 Å². The van der Waals surface area contributed by atoms with Gasteiger partial charge in [0, 0.05) is 30.5 Å². The van der Waals surface area contributed by atoms with E-state index in [0.29, 0.717) is 18.8 Å². The first-order chi connectivity index (χ1) is 16.6. The smallest absolute Gasteiger partial charge is 0.410 e. The Morgan fingerprint density at radius 2 is 1.94 bits per heavy atom. The summed E-state index contributed by atoms with van der Waals surface area (Å²) in [5.74, 6) is 1.04. The molecule has 1 N–H and O–H groups in total. The fourth-order valence-electron chi connectivity index (χ4n) is 5.96. The highest BCUT2D eigenvalue weighted by molar-refractivity contribution is 5.68. The third kappa shape index (κ3) is 4.86. The maximum Gasteiger partial charge on any atom is 0.410 e. The van der Waals surface area contributed by atoms with E-state index in [2.05, 4.69) is 31.2 Å². The van der Waals surface area contributed by atoms with Gasteiger partial charge in [-0.25, -0.2) is 4.79 Å². The van der Waals surface area contributed by atoms with Gasteiger partial charge in [0.25, 0.3) is 0 Å². The molecule has 0 unspecified atom stereocenters. The highest BCUT2D eigenvalue weighted by Crippen LogP contribution is 2.56. The number of carbonyl (C=O) groups excluding carboxylic acids is 1. The average Bonchev–Trinajstić information content (AvgIpc) is 2.82. The van der Waals surface area contributed by atoms with E-state index in [1.54, 1.807) is 6.07 Å². The van der Waals surface area contributed by atoms with Crippen LogP contribution in [0.5, 0.6) is 11.5 Å². The molecule has 188 valence electrons. The van der Waals surface area contributed by atoms with Gasteiger partial charge in [0.2, 0.25) is 0 Å². The van der Waals surface area contributed by atoms with Gasteiger partial charge in [-0.1, -0.05) is 42.5 Å². The van der Waals surface area contributed by atoms with Crippen LogP contribution in [0.3, 0.4) is 0 Å². The molecular formula is C29H37NO5. The van der Waals surface area contributed by atoms with Crippen molar-refractivity contribution in [1.29, 1.82) is 0 Å². The number of amides is 1. The Hall–Kier alpha value is -2.73. The molecule has 0 bridgehead atoms. The monoisotopic (exact) mass is 479 g/mol. The predicted octanol–water partition coefficient (Wildman–Crippen LogP) is 5.88. The van der Waals surface area contributed by atoms with E-state index >= 15 is 0 Å². The van der Waals surface area contributed by atoms with Crippen LogP contribution in [0.2, 0.25) is 0 Å². The van der Waals surface area contributed by atoms with E-state index < -0.39 is 11.2 Å². The molecule has 2 aromatic rings. The zero-order valence-electron chi connectivity index (χ0n) is 21.2. The number of phenolic OH excluding ortho intramolecular Hbond substituents is 1. The molecule has 0 spiro atoms. The summed E-state index contributed by atoms with van der Waals surface area (Å²) in [6.07, 6.45) is 3.05. The predicted molar refractivity (Wildman–Crippen MR) is 134 cm³/mol. The van der Waals surface area contributed by atoms with E-state index in [1.165, 1.54) is 5.56 Å². The zero-order chi connectivity index (χ0) is 24.8. The number of nitrogens with zero attached hydrogens (tertiary/aromatic N) is 1. The van der Waals surface area contributed by atoms with E-state index in [-0.39, 0.29) is 35.9 Å². The highest BCUT2D eigenvalue weighted by Gasteiger charge is 2.53. The Kier molecular flexibility index (Phi) is 6.20. The molecule has 6 heteroatoms. The first kappa shape index (κ1) is 24.0. The van der Waals surface area contributed by atoms with Gasteiger partial charge in [0.1, 0.15) is 11.2 Å². The minimum absolute atomic E-state index is 0.0709. The zero-order valence-corrected chi connectivity index (χ0v) is 21.2. The van der Waals surface area contributed by atoms with Crippen molar-refractivity contribution in [1.82, 2.24) is 4.90 Å². The van der Waals surface area contributed by atoms with Gasteiger partial charge >= 0.3 is 6.09 Å². The number of aromatic hydroxyl groups is 1. The van der Waals surface area contributed by atoms with Gasteiger partial charge in [-0.15, -0.1) is 0 Å². The van der Waals surface area contributed by atoms with Crippen molar-refractivity contribution < 1.29 is 24.1 Å². The average molecular weight is 480 g/mol. The maximum absolute atomic E-state index is 12.8. The summed E-state index contributed by atoms with van der Waals surface area (Å²) >= 11 is 0. The summed E-state index contributed by atoms with van der Waals surface area (Å²) in [5, 5.41) is 10.6. The topological polar surface area (TPSA) is 68.2 Å². The van der Waals surface area contributed by atoms with Crippen molar-refractivity contribution in [2.75, 3.05) is 13.1 Å². The quantitative estimate of drug-likeness (QED) is 0.595. The third-order valence-electron chi connectivity index (χ3n) is 7.76. The Labute approximate surface area is 208 Å². The van der Waals surface area contributed by atoms with Gasteiger partial charge in [-0.3, -0.25) is 0 Å². The fourth-order valence-corrected chi connectivity index (χ4v) is 5.96. The molecule has 0 saturated carbocycles. The van der Waals surface area contributed by atoms with Gasteiger partial charge < -0.3 is 24.2 Å². The Balaban J connectivity index is 1.40. The molecular weight excluding hydrogens is 442 g/mol. The number of rotatable bonds is 3. The lowest BCUT2D eigenvalue weighted by molar-refractivity contribution is -0.191. The number of likely N-dealkylation sites (tertiary alicyclic amines) is 1. The van der Waals surface area contributed by atoms with Gasteiger partial charge in [-0.2, -0.15) is 0 Å². The molecule has 3 heterocycles. The summed E-state index contributed by atoms with van der Waals surface area (Å²) in [5.41, 5.74) is 1.17. The Morgan fingerprint density at radius 1 is 1.17 bits per heavy atom. The van der Waals surface area contributed by atoms with Crippen LogP contribution in [0.25, 0.3) is 0 Å². The number of fused-ring (bicyclic) bond motifs is 4. The van der Waals surface area contributed by atoms with Crippen LogP contribution in [0.1, 0.15) is 64.2 Å². The Morgan fingerprint density at radius 3 is 2.69 bits per heavy atom.